The molecule has 1 aromatic heterocycles. The molecule has 5 heteroatoms. The highest BCUT2D eigenvalue weighted by Gasteiger charge is 2.13. The molecule has 0 aliphatic carbocycles. The lowest BCUT2D eigenvalue weighted by molar-refractivity contribution is 0.0599. The van der Waals surface area contributed by atoms with E-state index in [2.05, 4.69) is 25.7 Å². The first-order valence-corrected chi connectivity index (χ1v) is 4.12. The molecule has 0 radical (unpaired) electrons. The highest BCUT2D eigenvalue weighted by molar-refractivity contribution is 9.10. The number of rotatable bonds is 1. The van der Waals surface area contributed by atoms with E-state index in [1.54, 1.807) is 0 Å². The first kappa shape index (κ1) is 9.68. The van der Waals surface area contributed by atoms with Crippen molar-refractivity contribution in [3.8, 4) is 6.07 Å². The summed E-state index contributed by atoms with van der Waals surface area (Å²) < 4.78 is 4.91. The second-order valence-corrected chi connectivity index (χ2v) is 2.94. The van der Waals surface area contributed by atoms with E-state index in [1.165, 1.54) is 19.5 Å². The Bertz CT molecular complexity index is 384. The summed E-state index contributed by atoms with van der Waals surface area (Å²) in [6.45, 7) is 0. The zero-order chi connectivity index (χ0) is 9.84. The Labute approximate surface area is 83.3 Å². The highest BCUT2D eigenvalue weighted by Crippen LogP contribution is 2.20. The van der Waals surface area contributed by atoms with Crippen LogP contribution in [0.5, 0.6) is 0 Å². The Morgan fingerprint density at radius 3 is 2.92 bits per heavy atom. The van der Waals surface area contributed by atoms with Gasteiger partial charge in [0, 0.05) is 12.4 Å². The second-order valence-electron chi connectivity index (χ2n) is 2.15. The van der Waals surface area contributed by atoms with Crippen LogP contribution in [0.1, 0.15) is 15.9 Å². The summed E-state index contributed by atoms with van der Waals surface area (Å²) in [5, 5.41) is 8.63. The Morgan fingerprint density at radius 1 is 1.69 bits per heavy atom. The summed E-state index contributed by atoms with van der Waals surface area (Å²) in [7, 11) is 1.27. The Morgan fingerprint density at radius 2 is 2.38 bits per heavy atom. The molecule has 0 aliphatic rings. The topological polar surface area (TPSA) is 63.0 Å². The lowest BCUT2D eigenvalue weighted by Crippen LogP contribution is -2.03. The maximum atomic E-state index is 11.1. The number of carbonyl (C=O) groups excluding carboxylic acids is 1. The summed E-state index contributed by atoms with van der Waals surface area (Å²) in [5.74, 6) is -0.517. The number of aromatic nitrogens is 1. The average Bonchev–Trinajstić information content (AvgIpc) is 2.17. The van der Waals surface area contributed by atoms with Crippen molar-refractivity contribution >= 4 is 21.9 Å². The van der Waals surface area contributed by atoms with Crippen molar-refractivity contribution in [2.75, 3.05) is 7.11 Å². The smallest absolute Gasteiger partial charge is 0.340 e. The number of carbonyl (C=O) groups is 1. The van der Waals surface area contributed by atoms with Crippen molar-refractivity contribution in [1.29, 1.82) is 5.26 Å². The SMILES string of the molecule is COC(=O)c1cncc(C#N)c1Br. The number of hydrogen-bond donors (Lipinski definition) is 0. The van der Waals surface area contributed by atoms with Gasteiger partial charge in [-0.25, -0.2) is 4.79 Å². The molecule has 0 unspecified atom stereocenters. The number of nitrogens with zero attached hydrogens (tertiary/aromatic N) is 2. The Balaban J connectivity index is 3.25. The highest BCUT2D eigenvalue weighted by atomic mass is 79.9. The lowest BCUT2D eigenvalue weighted by Gasteiger charge is -2.01. The van der Waals surface area contributed by atoms with Crippen molar-refractivity contribution in [2.45, 2.75) is 0 Å². The van der Waals surface area contributed by atoms with Crippen LogP contribution in [0.2, 0.25) is 0 Å². The molecule has 0 aliphatic heterocycles. The van der Waals surface area contributed by atoms with E-state index >= 15 is 0 Å². The number of ether oxygens (including phenoxy) is 1. The second kappa shape index (κ2) is 4.01. The summed E-state index contributed by atoms with van der Waals surface area (Å²) in [6, 6.07) is 1.90. The molecule has 0 saturated heterocycles. The Hall–Kier alpha value is -1.41. The van der Waals surface area contributed by atoms with E-state index in [1.807, 2.05) is 6.07 Å². The average molecular weight is 241 g/mol. The Kier molecular flexibility index (Phi) is 2.98. The van der Waals surface area contributed by atoms with Gasteiger partial charge in [0.25, 0.3) is 0 Å². The molecule has 0 saturated carbocycles. The molecule has 66 valence electrons. The molecular weight excluding hydrogens is 236 g/mol. The lowest BCUT2D eigenvalue weighted by atomic mass is 10.2. The summed E-state index contributed by atoms with van der Waals surface area (Å²) in [6.07, 6.45) is 2.72. The third kappa shape index (κ3) is 1.84. The van der Waals surface area contributed by atoms with Gasteiger partial charge in [-0.2, -0.15) is 5.26 Å². The largest absolute Gasteiger partial charge is 0.465 e. The first-order chi connectivity index (χ1) is 6.20. The van der Waals surface area contributed by atoms with Crippen molar-refractivity contribution in [3.63, 3.8) is 0 Å². The van der Waals surface area contributed by atoms with Crippen LogP contribution in [0.15, 0.2) is 16.9 Å². The molecule has 1 aromatic rings. The molecule has 0 spiro atoms. The van der Waals surface area contributed by atoms with Gasteiger partial charge in [-0.05, 0) is 15.9 Å². The van der Waals surface area contributed by atoms with Gasteiger partial charge in [-0.3, -0.25) is 4.98 Å². The van der Waals surface area contributed by atoms with Gasteiger partial charge in [0.05, 0.1) is 22.7 Å². The third-order valence-electron chi connectivity index (χ3n) is 1.41. The molecule has 0 atom stereocenters. The number of methoxy groups -OCH3 is 1. The predicted octanol–water partition coefficient (Wildman–Crippen LogP) is 1.50. The van der Waals surface area contributed by atoms with Gasteiger partial charge in [-0.1, -0.05) is 0 Å². The van der Waals surface area contributed by atoms with Crippen LogP contribution in [0.25, 0.3) is 0 Å². The van der Waals surface area contributed by atoms with Crippen molar-refractivity contribution in [2.24, 2.45) is 0 Å². The fraction of sp³-hybridized carbons (Fsp3) is 0.125. The molecule has 0 fully saturated rings. The van der Waals surface area contributed by atoms with E-state index in [0.29, 0.717) is 10.0 Å². The normalized spacial score (nSPS) is 9.00. The van der Waals surface area contributed by atoms with Crippen molar-refractivity contribution in [1.82, 2.24) is 4.98 Å². The zero-order valence-electron chi connectivity index (χ0n) is 6.74. The molecule has 0 aromatic carbocycles. The van der Waals surface area contributed by atoms with Crippen molar-refractivity contribution < 1.29 is 9.53 Å². The summed E-state index contributed by atoms with van der Waals surface area (Å²) in [5.41, 5.74) is 0.560. The molecule has 1 heterocycles. The van der Waals surface area contributed by atoms with Gasteiger partial charge in [0.15, 0.2) is 0 Å². The molecule has 1 rings (SSSR count). The van der Waals surface area contributed by atoms with Crippen LogP contribution >= 0.6 is 15.9 Å². The van der Waals surface area contributed by atoms with Gasteiger partial charge >= 0.3 is 5.97 Å². The van der Waals surface area contributed by atoms with E-state index in [-0.39, 0.29) is 5.56 Å². The maximum absolute atomic E-state index is 11.1. The quantitative estimate of drug-likeness (QED) is 0.699. The fourth-order valence-corrected chi connectivity index (χ4v) is 1.23. The monoisotopic (exact) mass is 240 g/mol. The maximum Gasteiger partial charge on any atom is 0.340 e. The van der Waals surface area contributed by atoms with Crippen LogP contribution in [0.4, 0.5) is 0 Å². The number of nitriles is 1. The molecule has 4 nitrogen and oxygen atoms in total. The summed E-state index contributed by atoms with van der Waals surface area (Å²) in [4.78, 5) is 14.8. The number of esters is 1. The van der Waals surface area contributed by atoms with Crippen LogP contribution in [0.3, 0.4) is 0 Å². The predicted molar refractivity (Wildman–Crippen MR) is 48.0 cm³/mol. The molecular formula is C8H5BrN2O2. The van der Waals surface area contributed by atoms with Gasteiger partial charge in [-0.15, -0.1) is 0 Å². The van der Waals surface area contributed by atoms with Crippen LogP contribution in [0, 0.1) is 11.3 Å². The van der Waals surface area contributed by atoms with Gasteiger partial charge in [0.2, 0.25) is 0 Å². The van der Waals surface area contributed by atoms with E-state index in [4.69, 9.17) is 5.26 Å². The van der Waals surface area contributed by atoms with Gasteiger partial charge in [0.1, 0.15) is 6.07 Å². The number of halogens is 1. The minimum Gasteiger partial charge on any atom is -0.465 e. The van der Waals surface area contributed by atoms with E-state index in [9.17, 15) is 4.79 Å². The van der Waals surface area contributed by atoms with Crippen LogP contribution in [-0.2, 0) is 4.74 Å². The van der Waals surface area contributed by atoms with Crippen LogP contribution < -0.4 is 0 Å². The van der Waals surface area contributed by atoms with Gasteiger partial charge < -0.3 is 4.74 Å². The van der Waals surface area contributed by atoms with E-state index in [0.717, 1.165) is 0 Å². The first-order valence-electron chi connectivity index (χ1n) is 3.32. The summed E-state index contributed by atoms with van der Waals surface area (Å²) >= 11 is 3.12. The minimum absolute atomic E-state index is 0.251. The zero-order valence-corrected chi connectivity index (χ0v) is 8.33. The van der Waals surface area contributed by atoms with Crippen molar-refractivity contribution in [3.05, 3.63) is 28.0 Å². The molecule has 0 amide bonds. The minimum atomic E-state index is -0.517. The number of pyridine rings is 1. The molecule has 0 bridgehead atoms. The standard InChI is InChI=1S/C8H5BrN2O2/c1-13-8(12)6-4-11-3-5(2-10)7(6)9/h3-4H,1H3. The molecule has 0 N–H and O–H groups in total. The van der Waals surface area contributed by atoms with E-state index < -0.39 is 5.97 Å². The third-order valence-corrected chi connectivity index (χ3v) is 2.26. The number of hydrogen-bond acceptors (Lipinski definition) is 4. The fourth-order valence-electron chi connectivity index (χ4n) is 0.775. The molecule has 13 heavy (non-hydrogen) atoms. The van der Waals surface area contributed by atoms with Crippen LogP contribution in [-0.4, -0.2) is 18.1 Å².